The van der Waals surface area contributed by atoms with Gasteiger partial charge >= 0.3 is 0 Å². The summed E-state index contributed by atoms with van der Waals surface area (Å²) in [5, 5.41) is 16.1. The first kappa shape index (κ1) is 6.80. The fourth-order valence-corrected chi connectivity index (χ4v) is 1.10. The zero-order chi connectivity index (χ0) is 8.55. The van der Waals surface area contributed by atoms with E-state index in [1.165, 1.54) is 4.68 Å². The number of hydrogen-bond donors (Lipinski definition) is 0. The van der Waals surface area contributed by atoms with Gasteiger partial charge in [0.25, 0.3) is 0 Å². The van der Waals surface area contributed by atoms with Crippen LogP contribution in [-0.2, 0) is 0 Å². The second-order valence-corrected chi connectivity index (χ2v) is 2.59. The Labute approximate surface area is 69.0 Å². The summed E-state index contributed by atoms with van der Waals surface area (Å²) < 4.78 is 1.21. The molecule has 0 spiro atoms. The third-order valence-electron chi connectivity index (χ3n) is 1.70. The maximum Gasteiger partial charge on any atom is 0.208 e. The Morgan fingerprint density at radius 1 is 1.50 bits per heavy atom. The van der Waals surface area contributed by atoms with Gasteiger partial charge in [0.15, 0.2) is 0 Å². The molecule has 1 aromatic heterocycles. The van der Waals surface area contributed by atoms with Crippen LogP contribution in [0.5, 0.6) is 0 Å². The summed E-state index contributed by atoms with van der Waals surface area (Å²) in [4.78, 5) is 0. The van der Waals surface area contributed by atoms with Gasteiger partial charge in [0, 0.05) is 0 Å². The van der Waals surface area contributed by atoms with Crippen LogP contribution in [0.2, 0.25) is 0 Å². The molecular formula is C8H6N4. The SMILES string of the molecule is Cc1ccc2nnn(C#N)c2c1. The Morgan fingerprint density at radius 3 is 3.08 bits per heavy atom. The highest BCUT2D eigenvalue weighted by molar-refractivity contribution is 5.75. The molecular weight excluding hydrogens is 152 g/mol. The summed E-state index contributed by atoms with van der Waals surface area (Å²) in [5.74, 6) is 0. The first-order chi connectivity index (χ1) is 5.81. The van der Waals surface area contributed by atoms with Crippen LogP contribution < -0.4 is 0 Å². The minimum absolute atomic E-state index is 0.752. The highest BCUT2D eigenvalue weighted by atomic mass is 15.4. The molecule has 0 aliphatic rings. The van der Waals surface area contributed by atoms with Gasteiger partial charge in [0.1, 0.15) is 11.0 Å². The molecule has 1 heterocycles. The van der Waals surface area contributed by atoms with Crippen molar-refractivity contribution in [3.63, 3.8) is 0 Å². The molecule has 4 nitrogen and oxygen atoms in total. The van der Waals surface area contributed by atoms with E-state index in [0.29, 0.717) is 0 Å². The largest absolute Gasteiger partial charge is 0.208 e. The minimum Gasteiger partial charge on any atom is -0.170 e. The van der Waals surface area contributed by atoms with Crippen molar-refractivity contribution >= 4 is 11.0 Å². The fraction of sp³-hybridized carbons (Fsp3) is 0.125. The topological polar surface area (TPSA) is 54.5 Å². The zero-order valence-electron chi connectivity index (χ0n) is 6.52. The average molecular weight is 158 g/mol. The third kappa shape index (κ3) is 0.839. The van der Waals surface area contributed by atoms with E-state index in [1.807, 2.05) is 31.3 Å². The van der Waals surface area contributed by atoms with Crippen molar-refractivity contribution in [1.29, 1.82) is 5.26 Å². The quantitative estimate of drug-likeness (QED) is 0.576. The summed E-state index contributed by atoms with van der Waals surface area (Å²) in [6, 6.07) is 5.68. The van der Waals surface area contributed by atoms with Gasteiger partial charge in [-0.15, -0.1) is 9.78 Å². The van der Waals surface area contributed by atoms with Crippen molar-refractivity contribution in [3.05, 3.63) is 23.8 Å². The molecule has 0 amide bonds. The van der Waals surface area contributed by atoms with Crippen LogP contribution in [0, 0.1) is 18.4 Å². The third-order valence-corrected chi connectivity index (χ3v) is 1.70. The molecule has 4 heteroatoms. The molecule has 0 fully saturated rings. The summed E-state index contributed by atoms with van der Waals surface area (Å²) in [5.41, 5.74) is 2.61. The lowest BCUT2D eigenvalue weighted by Crippen LogP contribution is -1.89. The summed E-state index contributed by atoms with van der Waals surface area (Å²) in [6.45, 7) is 1.97. The van der Waals surface area contributed by atoms with Gasteiger partial charge in [0.2, 0.25) is 6.19 Å². The molecule has 1 aromatic carbocycles. The van der Waals surface area contributed by atoms with E-state index in [9.17, 15) is 0 Å². The maximum atomic E-state index is 8.63. The molecule has 0 saturated heterocycles. The number of hydrogen-bond acceptors (Lipinski definition) is 3. The van der Waals surface area contributed by atoms with Crippen LogP contribution in [0.1, 0.15) is 5.56 Å². The Hall–Kier alpha value is -1.89. The number of aryl methyl sites for hydroxylation is 1. The van der Waals surface area contributed by atoms with Crippen molar-refractivity contribution < 1.29 is 0 Å². The van der Waals surface area contributed by atoms with Crippen LogP contribution in [0.4, 0.5) is 0 Å². The predicted molar refractivity (Wildman–Crippen MR) is 43.3 cm³/mol. The van der Waals surface area contributed by atoms with Gasteiger partial charge in [-0.1, -0.05) is 11.3 Å². The molecule has 0 atom stereocenters. The molecule has 2 rings (SSSR count). The normalized spacial score (nSPS) is 10.0. The molecule has 58 valence electrons. The second-order valence-electron chi connectivity index (χ2n) is 2.59. The van der Waals surface area contributed by atoms with Crippen LogP contribution in [0.3, 0.4) is 0 Å². The number of nitrogens with zero attached hydrogens (tertiary/aromatic N) is 4. The Morgan fingerprint density at radius 2 is 2.33 bits per heavy atom. The van der Waals surface area contributed by atoms with Crippen molar-refractivity contribution in [2.45, 2.75) is 6.92 Å². The Bertz CT molecular complexity index is 463. The molecule has 0 aliphatic heterocycles. The highest BCUT2D eigenvalue weighted by Gasteiger charge is 2.01. The Balaban J connectivity index is 2.86. The van der Waals surface area contributed by atoms with E-state index in [0.717, 1.165) is 16.6 Å². The summed E-state index contributed by atoms with van der Waals surface area (Å²) in [7, 11) is 0. The van der Waals surface area contributed by atoms with Crippen LogP contribution >= 0.6 is 0 Å². The number of rotatable bonds is 0. The summed E-state index contributed by atoms with van der Waals surface area (Å²) >= 11 is 0. The molecule has 0 aliphatic carbocycles. The zero-order valence-corrected chi connectivity index (χ0v) is 6.52. The van der Waals surface area contributed by atoms with Gasteiger partial charge in [-0.3, -0.25) is 0 Å². The van der Waals surface area contributed by atoms with Crippen LogP contribution in [-0.4, -0.2) is 15.0 Å². The monoisotopic (exact) mass is 158 g/mol. The lowest BCUT2D eigenvalue weighted by atomic mass is 10.2. The van der Waals surface area contributed by atoms with Crippen LogP contribution in [0.15, 0.2) is 18.2 Å². The van der Waals surface area contributed by atoms with Crippen molar-refractivity contribution in [1.82, 2.24) is 15.0 Å². The van der Waals surface area contributed by atoms with E-state index in [4.69, 9.17) is 5.26 Å². The molecule has 0 radical (unpaired) electrons. The standard InChI is InChI=1S/C8H6N4/c1-6-2-3-7-8(4-6)12(5-9)11-10-7/h2-4H,1H3. The van der Waals surface area contributed by atoms with E-state index < -0.39 is 0 Å². The Kier molecular flexibility index (Phi) is 1.31. The number of nitriles is 1. The van der Waals surface area contributed by atoms with Gasteiger partial charge in [-0.25, -0.2) is 0 Å². The van der Waals surface area contributed by atoms with E-state index >= 15 is 0 Å². The fourth-order valence-electron chi connectivity index (χ4n) is 1.10. The van der Waals surface area contributed by atoms with Gasteiger partial charge in [0.05, 0.1) is 0 Å². The van der Waals surface area contributed by atoms with Crippen molar-refractivity contribution in [2.24, 2.45) is 0 Å². The molecule has 2 aromatic rings. The highest BCUT2D eigenvalue weighted by Crippen LogP contribution is 2.11. The molecule has 0 N–H and O–H groups in total. The van der Waals surface area contributed by atoms with Gasteiger partial charge < -0.3 is 0 Å². The number of benzene rings is 1. The molecule has 0 saturated carbocycles. The van der Waals surface area contributed by atoms with Crippen molar-refractivity contribution in [2.75, 3.05) is 0 Å². The van der Waals surface area contributed by atoms with Gasteiger partial charge in [-0.05, 0) is 24.6 Å². The lowest BCUT2D eigenvalue weighted by molar-refractivity contribution is 0.836. The lowest BCUT2D eigenvalue weighted by Gasteiger charge is -1.90. The maximum absolute atomic E-state index is 8.63. The van der Waals surface area contributed by atoms with E-state index in [1.54, 1.807) is 0 Å². The minimum atomic E-state index is 0.752. The molecule has 0 bridgehead atoms. The van der Waals surface area contributed by atoms with E-state index in [2.05, 4.69) is 10.3 Å². The molecule has 12 heavy (non-hydrogen) atoms. The van der Waals surface area contributed by atoms with Crippen molar-refractivity contribution in [3.8, 4) is 6.19 Å². The first-order valence-electron chi connectivity index (χ1n) is 3.53. The smallest absolute Gasteiger partial charge is 0.170 e. The predicted octanol–water partition coefficient (Wildman–Crippen LogP) is 1.07. The van der Waals surface area contributed by atoms with E-state index in [-0.39, 0.29) is 0 Å². The van der Waals surface area contributed by atoms with Crippen LogP contribution in [0.25, 0.3) is 11.0 Å². The first-order valence-corrected chi connectivity index (χ1v) is 3.53. The number of fused-ring (bicyclic) bond motifs is 1. The number of aromatic nitrogens is 3. The molecule has 0 unspecified atom stereocenters. The average Bonchev–Trinajstić information content (AvgIpc) is 2.46. The summed E-state index contributed by atoms with van der Waals surface area (Å²) in [6.07, 6.45) is 1.92. The second kappa shape index (κ2) is 2.31. The van der Waals surface area contributed by atoms with Gasteiger partial charge in [-0.2, -0.15) is 5.26 Å².